The molecule has 1 aromatic heterocycles. The third kappa shape index (κ3) is 3.87. The molecule has 0 radical (unpaired) electrons. The average molecular weight is 197 g/mol. The summed E-state index contributed by atoms with van der Waals surface area (Å²) in [6.45, 7) is 6.29. The Kier molecular flexibility index (Phi) is 4.07. The third-order valence-electron chi connectivity index (χ3n) is 1.95. The molecule has 14 heavy (non-hydrogen) atoms. The van der Waals surface area contributed by atoms with Crippen molar-refractivity contribution in [2.24, 2.45) is 11.7 Å². The van der Waals surface area contributed by atoms with Gasteiger partial charge in [0.2, 0.25) is 5.89 Å². The van der Waals surface area contributed by atoms with Crippen molar-refractivity contribution in [1.82, 2.24) is 10.1 Å². The molecule has 1 unspecified atom stereocenters. The molecule has 1 atom stereocenters. The first-order valence-electron chi connectivity index (χ1n) is 5.15. The van der Waals surface area contributed by atoms with E-state index in [1.165, 1.54) is 0 Å². The fourth-order valence-corrected chi connectivity index (χ4v) is 1.17. The van der Waals surface area contributed by atoms with Gasteiger partial charge in [-0.2, -0.15) is 4.98 Å². The number of hydrogen-bond donors (Lipinski definition) is 1. The maximum Gasteiger partial charge on any atom is 0.226 e. The Balaban J connectivity index is 2.42. The maximum atomic E-state index is 5.63. The summed E-state index contributed by atoms with van der Waals surface area (Å²) in [5, 5.41) is 3.87. The van der Waals surface area contributed by atoms with E-state index in [1.54, 1.807) is 0 Å². The van der Waals surface area contributed by atoms with E-state index in [0.29, 0.717) is 12.3 Å². The van der Waals surface area contributed by atoms with Crippen LogP contribution in [0.15, 0.2) is 4.52 Å². The van der Waals surface area contributed by atoms with Gasteiger partial charge in [-0.1, -0.05) is 19.0 Å². The second-order valence-corrected chi connectivity index (χ2v) is 4.22. The summed E-state index contributed by atoms with van der Waals surface area (Å²) >= 11 is 0. The van der Waals surface area contributed by atoms with Crippen LogP contribution in [-0.2, 0) is 12.8 Å². The molecule has 0 saturated heterocycles. The molecule has 0 bridgehead atoms. The van der Waals surface area contributed by atoms with Crippen molar-refractivity contribution in [1.29, 1.82) is 0 Å². The summed E-state index contributed by atoms with van der Waals surface area (Å²) in [5.41, 5.74) is 5.63. The van der Waals surface area contributed by atoms with Crippen molar-refractivity contribution in [2.45, 2.75) is 46.1 Å². The Labute approximate surface area is 84.9 Å². The van der Waals surface area contributed by atoms with Gasteiger partial charge in [-0.15, -0.1) is 0 Å². The van der Waals surface area contributed by atoms with Crippen molar-refractivity contribution in [2.75, 3.05) is 0 Å². The normalized spacial score (nSPS) is 13.5. The minimum atomic E-state index is 0.0885. The highest BCUT2D eigenvalue weighted by Crippen LogP contribution is 2.07. The van der Waals surface area contributed by atoms with Crippen LogP contribution in [0.1, 0.15) is 38.9 Å². The van der Waals surface area contributed by atoms with Crippen LogP contribution in [0, 0.1) is 5.92 Å². The molecular formula is C10H19N3O. The lowest BCUT2D eigenvalue weighted by Crippen LogP contribution is -2.18. The van der Waals surface area contributed by atoms with Crippen LogP contribution >= 0.6 is 0 Å². The van der Waals surface area contributed by atoms with Crippen LogP contribution in [0.5, 0.6) is 0 Å². The van der Waals surface area contributed by atoms with E-state index in [4.69, 9.17) is 10.3 Å². The number of rotatable bonds is 5. The fourth-order valence-electron chi connectivity index (χ4n) is 1.17. The molecule has 4 heteroatoms. The van der Waals surface area contributed by atoms with Crippen LogP contribution < -0.4 is 5.73 Å². The lowest BCUT2D eigenvalue weighted by Gasteiger charge is -1.99. The SMILES string of the molecule is CC(C)CCc1nc(CC(C)N)no1. The molecule has 2 N–H and O–H groups in total. The molecule has 0 spiro atoms. The average Bonchev–Trinajstić information content (AvgIpc) is 2.47. The van der Waals surface area contributed by atoms with E-state index in [9.17, 15) is 0 Å². The molecule has 1 rings (SSSR count). The molecule has 0 aromatic carbocycles. The van der Waals surface area contributed by atoms with Crippen molar-refractivity contribution in [3.8, 4) is 0 Å². The Morgan fingerprint density at radius 2 is 2.07 bits per heavy atom. The van der Waals surface area contributed by atoms with E-state index < -0.39 is 0 Å². The lowest BCUT2D eigenvalue weighted by molar-refractivity contribution is 0.362. The first-order chi connectivity index (χ1) is 6.58. The van der Waals surface area contributed by atoms with Gasteiger partial charge < -0.3 is 10.3 Å². The van der Waals surface area contributed by atoms with Crippen LogP contribution in [0.4, 0.5) is 0 Å². The van der Waals surface area contributed by atoms with E-state index in [1.807, 2.05) is 6.92 Å². The minimum Gasteiger partial charge on any atom is -0.339 e. The highest BCUT2D eigenvalue weighted by molar-refractivity contribution is 4.88. The molecule has 0 aliphatic heterocycles. The minimum absolute atomic E-state index is 0.0885. The molecule has 0 aliphatic rings. The molecule has 0 amide bonds. The Morgan fingerprint density at radius 1 is 1.36 bits per heavy atom. The van der Waals surface area contributed by atoms with E-state index in [0.717, 1.165) is 24.6 Å². The summed E-state index contributed by atoms with van der Waals surface area (Å²) in [4.78, 5) is 4.26. The number of aromatic nitrogens is 2. The zero-order valence-electron chi connectivity index (χ0n) is 9.16. The Morgan fingerprint density at radius 3 is 2.64 bits per heavy atom. The maximum absolute atomic E-state index is 5.63. The van der Waals surface area contributed by atoms with Crippen LogP contribution in [0.3, 0.4) is 0 Å². The molecule has 0 aliphatic carbocycles. The quantitative estimate of drug-likeness (QED) is 0.777. The van der Waals surface area contributed by atoms with Gasteiger partial charge in [-0.05, 0) is 19.3 Å². The van der Waals surface area contributed by atoms with Crippen molar-refractivity contribution in [3.63, 3.8) is 0 Å². The predicted molar refractivity (Wildman–Crippen MR) is 54.8 cm³/mol. The Bertz CT molecular complexity index is 268. The van der Waals surface area contributed by atoms with Gasteiger partial charge in [0.25, 0.3) is 0 Å². The highest BCUT2D eigenvalue weighted by atomic mass is 16.5. The Hall–Kier alpha value is -0.900. The van der Waals surface area contributed by atoms with Gasteiger partial charge >= 0.3 is 0 Å². The fraction of sp³-hybridized carbons (Fsp3) is 0.800. The number of nitrogens with zero attached hydrogens (tertiary/aromatic N) is 2. The van der Waals surface area contributed by atoms with Gasteiger partial charge in [0.1, 0.15) is 0 Å². The zero-order chi connectivity index (χ0) is 10.6. The first kappa shape index (κ1) is 11.2. The molecular weight excluding hydrogens is 178 g/mol. The molecule has 0 fully saturated rings. The smallest absolute Gasteiger partial charge is 0.226 e. The highest BCUT2D eigenvalue weighted by Gasteiger charge is 2.08. The second kappa shape index (κ2) is 5.10. The largest absolute Gasteiger partial charge is 0.339 e. The number of nitrogens with two attached hydrogens (primary N) is 1. The number of aryl methyl sites for hydroxylation is 1. The van der Waals surface area contributed by atoms with Crippen LogP contribution in [-0.4, -0.2) is 16.2 Å². The molecule has 0 saturated carbocycles. The third-order valence-corrected chi connectivity index (χ3v) is 1.95. The van der Waals surface area contributed by atoms with E-state index >= 15 is 0 Å². The molecule has 80 valence electrons. The lowest BCUT2D eigenvalue weighted by atomic mass is 10.1. The standard InChI is InChI=1S/C10H19N3O/c1-7(2)4-5-10-12-9(13-14-10)6-8(3)11/h7-8H,4-6,11H2,1-3H3. The van der Waals surface area contributed by atoms with Crippen molar-refractivity contribution < 1.29 is 4.52 Å². The summed E-state index contributed by atoms with van der Waals surface area (Å²) in [6, 6.07) is 0.0885. The van der Waals surface area contributed by atoms with Crippen molar-refractivity contribution in [3.05, 3.63) is 11.7 Å². The van der Waals surface area contributed by atoms with Crippen molar-refractivity contribution >= 4 is 0 Å². The second-order valence-electron chi connectivity index (χ2n) is 4.22. The summed E-state index contributed by atoms with van der Waals surface area (Å²) in [5.74, 6) is 2.12. The van der Waals surface area contributed by atoms with Gasteiger partial charge in [-0.25, -0.2) is 0 Å². The first-order valence-corrected chi connectivity index (χ1v) is 5.15. The molecule has 1 aromatic rings. The van der Waals surface area contributed by atoms with Gasteiger partial charge in [-0.3, -0.25) is 0 Å². The summed E-state index contributed by atoms with van der Waals surface area (Å²) < 4.78 is 5.10. The summed E-state index contributed by atoms with van der Waals surface area (Å²) in [6.07, 6.45) is 2.63. The van der Waals surface area contributed by atoms with Gasteiger partial charge in [0.05, 0.1) is 0 Å². The van der Waals surface area contributed by atoms with Gasteiger partial charge in [0, 0.05) is 18.9 Å². The van der Waals surface area contributed by atoms with Crippen LogP contribution in [0.25, 0.3) is 0 Å². The van der Waals surface area contributed by atoms with Gasteiger partial charge in [0.15, 0.2) is 5.82 Å². The zero-order valence-corrected chi connectivity index (χ0v) is 9.16. The van der Waals surface area contributed by atoms with Crippen LogP contribution in [0.2, 0.25) is 0 Å². The number of hydrogen-bond acceptors (Lipinski definition) is 4. The predicted octanol–water partition coefficient (Wildman–Crippen LogP) is 1.55. The topological polar surface area (TPSA) is 64.9 Å². The van der Waals surface area contributed by atoms with E-state index in [2.05, 4.69) is 24.0 Å². The molecule has 1 heterocycles. The molecule has 4 nitrogen and oxygen atoms in total. The monoisotopic (exact) mass is 197 g/mol. The van der Waals surface area contributed by atoms with E-state index in [-0.39, 0.29) is 6.04 Å². The summed E-state index contributed by atoms with van der Waals surface area (Å²) in [7, 11) is 0.